The number of nitrogens with one attached hydrogen (secondary N) is 1. The highest BCUT2D eigenvalue weighted by Crippen LogP contribution is 2.29. The molecule has 1 aromatic rings. The SMILES string of the molecule is Cc1cc(C#N)ccc1N1CCN(C(=O)[C@H]2CCN(/C(=N/C#N)N3CCC3)C[C@@H]2C(=O)NO)CC1. The lowest BCUT2D eigenvalue weighted by Crippen LogP contribution is -2.59. The van der Waals surface area contributed by atoms with Crippen LogP contribution in [0.25, 0.3) is 0 Å². The van der Waals surface area contributed by atoms with Gasteiger partial charge in [0.15, 0.2) is 0 Å². The molecule has 0 unspecified atom stereocenters. The maximum atomic E-state index is 13.5. The second-order valence-electron chi connectivity index (χ2n) is 9.20. The summed E-state index contributed by atoms with van der Waals surface area (Å²) in [4.78, 5) is 37.9. The molecule has 4 rings (SSSR count). The van der Waals surface area contributed by atoms with Crippen molar-refractivity contribution >= 4 is 23.5 Å². The van der Waals surface area contributed by atoms with Crippen molar-refractivity contribution in [3.05, 3.63) is 29.3 Å². The van der Waals surface area contributed by atoms with E-state index in [1.54, 1.807) is 16.4 Å². The molecule has 11 nitrogen and oxygen atoms in total. The minimum absolute atomic E-state index is 0.0860. The van der Waals surface area contributed by atoms with Gasteiger partial charge in [-0.3, -0.25) is 14.8 Å². The molecule has 3 aliphatic rings. The molecule has 3 fully saturated rings. The Morgan fingerprint density at radius 2 is 1.77 bits per heavy atom. The minimum atomic E-state index is -0.745. The summed E-state index contributed by atoms with van der Waals surface area (Å²) in [6.07, 6.45) is 3.30. The van der Waals surface area contributed by atoms with E-state index >= 15 is 0 Å². The van der Waals surface area contributed by atoms with Crippen LogP contribution in [0.4, 0.5) is 5.69 Å². The zero-order valence-electron chi connectivity index (χ0n) is 19.9. The van der Waals surface area contributed by atoms with Gasteiger partial charge in [-0.05, 0) is 43.5 Å². The van der Waals surface area contributed by atoms with Crippen molar-refractivity contribution in [2.24, 2.45) is 16.8 Å². The van der Waals surface area contributed by atoms with Gasteiger partial charge in [0.25, 0.3) is 0 Å². The van der Waals surface area contributed by atoms with Crippen LogP contribution in [0.1, 0.15) is 24.0 Å². The number of piperidine rings is 1. The maximum absolute atomic E-state index is 13.5. The molecule has 2 N–H and O–H groups in total. The number of hydrogen-bond acceptors (Lipinski definition) is 7. The first-order valence-electron chi connectivity index (χ1n) is 11.9. The van der Waals surface area contributed by atoms with Gasteiger partial charge in [0.1, 0.15) is 0 Å². The van der Waals surface area contributed by atoms with E-state index in [4.69, 9.17) is 10.5 Å². The quantitative estimate of drug-likeness (QED) is 0.211. The van der Waals surface area contributed by atoms with E-state index in [9.17, 15) is 14.8 Å². The summed E-state index contributed by atoms with van der Waals surface area (Å²) in [6, 6.07) is 7.76. The van der Waals surface area contributed by atoms with Crippen molar-refractivity contribution in [2.45, 2.75) is 19.8 Å². The van der Waals surface area contributed by atoms with Gasteiger partial charge in [0.2, 0.25) is 24.0 Å². The average molecular weight is 479 g/mol. The molecule has 2 amide bonds. The van der Waals surface area contributed by atoms with E-state index in [-0.39, 0.29) is 12.5 Å². The van der Waals surface area contributed by atoms with Crippen molar-refractivity contribution in [2.75, 3.05) is 57.3 Å². The van der Waals surface area contributed by atoms with Crippen LogP contribution in [0.15, 0.2) is 23.2 Å². The Hall–Kier alpha value is -3.83. The zero-order chi connectivity index (χ0) is 24.9. The highest BCUT2D eigenvalue weighted by molar-refractivity contribution is 5.89. The van der Waals surface area contributed by atoms with Crippen LogP contribution in [-0.2, 0) is 9.59 Å². The number of aliphatic imine (C=N–C) groups is 1. The Morgan fingerprint density at radius 1 is 1.03 bits per heavy atom. The molecule has 3 heterocycles. The molecule has 2 atom stereocenters. The third kappa shape index (κ3) is 5.00. The maximum Gasteiger partial charge on any atom is 0.249 e. The summed E-state index contributed by atoms with van der Waals surface area (Å²) in [7, 11) is 0. The number of rotatable bonds is 3. The van der Waals surface area contributed by atoms with Crippen LogP contribution >= 0.6 is 0 Å². The van der Waals surface area contributed by atoms with E-state index in [0.29, 0.717) is 50.7 Å². The van der Waals surface area contributed by atoms with Gasteiger partial charge >= 0.3 is 0 Å². The third-order valence-electron chi connectivity index (χ3n) is 7.21. The van der Waals surface area contributed by atoms with Crippen molar-refractivity contribution in [3.8, 4) is 12.3 Å². The fourth-order valence-corrected chi connectivity index (χ4v) is 5.16. The monoisotopic (exact) mass is 478 g/mol. The van der Waals surface area contributed by atoms with E-state index < -0.39 is 17.7 Å². The van der Waals surface area contributed by atoms with Crippen LogP contribution in [0.3, 0.4) is 0 Å². The third-order valence-corrected chi connectivity index (χ3v) is 7.21. The van der Waals surface area contributed by atoms with E-state index in [1.807, 2.05) is 35.0 Å². The Labute approximate surface area is 204 Å². The highest BCUT2D eigenvalue weighted by Gasteiger charge is 2.42. The molecule has 0 aliphatic carbocycles. The first kappa shape index (κ1) is 24.3. The van der Waals surface area contributed by atoms with Crippen molar-refractivity contribution in [3.63, 3.8) is 0 Å². The minimum Gasteiger partial charge on any atom is -0.368 e. The standard InChI is InChI=1S/C24H30N8O3/c1-17-13-18(14-25)3-4-21(17)29-9-11-30(12-10-29)23(34)19-5-8-32(15-20(19)22(33)28-35)24(27-16-26)31-6-2-7-31/h3-4,13,19-20,35H,2,5-12,15H2,1H3,(H,28,33)/b27-24+/t19-,20-/m0/s1. The second kappa shape index (κ2) is 10.6. The van der Waals surface area contributed by atoms with Crippen LogP contribution in [0.5, 0.6) is 0 Å². The molecule has 0 radical (unpaired) electrons. The number of aryl methyl sites for hydroxylation is 1. The Balaban J connectivity index is 1.42. The van der Waals surface area contributed by atoms with E-state index in [1.165, 1.54) is 0 Å². The number of carbonyl (C=O) groups excluding carboxylic acids is 2. The molecule has 1 aromatic carbocycles. The first-order chi connectivity index (χ1) is 17.0. The molecule has 184 valence electrons. The summed E-state index contributed by atoms with van der Waals surface area (Å²) in [6.45, 7) is 6.67. The number of anilines is 1. The topological polar surface area (TPSA) is 139 Å². The van der Waals surface area contributed by atoms with Crippen molar-refractivity contribution in [1.82, 2.24) is 20.2 Å². The first-order valence-corrected chi connectivity index (χ1v) is 11.9. The zero-order valence-corrected chi connectivity index (χ0v) is 19.9. The summed E-state index contributed by atoms with van der Waals surface area (Å²) < 4.78 is 0. The summed E-state index contributed by atoms with van der Waals surface area (Å²) in [5.74, 6) is -1.45. The Morgan fingerprint density at radius 3 is 2.34 bits per heavy atom. The number of nitriles is 2. The van der Waals surface area contributed by atoms with Crippen LogP contribution < -0.4 is 10.4 Å². The fourth-order valence-electron chi connectivity index (χ4n) is 5.16. The van der Waals surface area contributed by atoms with Crippen molar-refractivity contribution in [1.29, 1.82) is 10.5 Å². The molecule has 35 heavy (non-hydrogen) atoms. The van der Waals surface area contributed by atoms with Gasteiger partial charge in [0.05, 0.1) is 23.5 Å². The van der Waals surface area contributed by atoms with Gasteiger partial charge in [-0.25, -0.2) is 5.48 Å². The average Bonchev–Trinajstić information content (AvgIpc) is 2.86. The number of nitrogens with zero attached hydrogens (tertiary/aromatic N) is 7. The number of likely N-dealkylation sites (tertiary alicyclic amines) is 2. The highest BCUT2D eigenvalue weighted by atomic mass is 16.5. The predicted octanol–water partition coefficient (Wildman–Crippen LogP) is 0.502. The molecule has 0 saturated carbocycles. The number of benzene rings is 1. The molecule has 3 aliphatic heterocycles. The van der Waals surface area contributed by atoms with Crippen molar-refractivity contribution < 1.29 is 14.8 Å². The van der Waals surface area contributed by atoms with E-state index in [0.717, 1.165) is 30.8 Å². The molecule has 0 spiro atoms. The van der Waals surface area contributed by atoms with Crippen LogP contribution in [-0.4, -0.2) is 90.0 Å². The molecular weight excluding hydrogens is 448 g/mol. The fraction of sp³-hybridized carbons (Fsp3) is 0.542. The lowest BCUT2D eigenvalue weighted by molar-refractivity contribution is -0.147. The Bertz CT molecular complexity index is 1080. The predicted molar refractivity (Wildman–Crippen MR) is 127 cm³/mol. The van der Waals surface area contributed by atoms with Gasteiger partial charge < -0.3 is 19.6 Å². The number of hydrogen-bond donors (Lipinski definition) is 2. The smallest absolute Gasteiger partial charge is 0.249 e. The van der Waals surface area contributed by atoms with Gasteiger partial charge in [-0.15, -0.1) is 4.99 Å². The second-order valence-corrected chi connectivity index (χ2v) is 9.20. The number of amides is 2. The number of hydroxylamine groups is 1. The normalized spacial score (nSPS) is 22.7. The van der Waals surface area contributed by atoms with Gasteiger partial charge in [-0.1, -0.05) is 0 Å². The van der Waals surface area contributed by atoms with Gasteiger partial charge in [0, 0.05) is 58.0 Å². The lowest BCUT2D eigenvalue weighted by atomic mass is 9.83. The number of piperazine rings is 1. The molecule has 0 bridgehead atoms. The molecule has 0 aromatic heterocycles. The van der Waals surface area contributed by atoms with Crippen LogP contribution in [0.2, 0.25) is 0 Å². The van der Waals surface area contributed by atoms with Gasteiger partial charge in [-0.2, -0.15) is 10.5 Å². The number of guanidine groups is 1. The lowest BCUT2D eigenvalue weighted by Gasteiger charge is -2.45. The molecular formula is C24H30N8O3. The van der Waals surface area contributed by atoms with Crippen LogP contribution in [0, 0.1) is 41.5 Å². The molecule has 3 saturated heterocycles. The summed E-state index contributed by atoms with van der Waals surface area (Å²) in [5.41, 5.74) is 4.43. The Kier molecular flexibility index (Phi) is 7.37. The summed E-state index contributed by atoms with van der Waals surface area (Å²) >= 11 is 0. The molecule has 11 heteroatoms. The number of carbonyl (C=O) groups is 2. The van der Waals surface area contributed by atoms with E-state index in [2.05, 4.69) is 16.0 Å². The largest absolute Gasteiger partial charge is 0.368 e. The summed E-state index contributed by atoms with van der Waals surface area (Å²) in [5, 5.41) is 27.6.